The summed E-state index contributed by atoms with van der Waals surface area (Å²) in [6, 6.07) is 0. The first-order valence-corrected chi connectivity index (χ1v) is 3.97. The van der Waals surface area contributed by atoms with Crippen molar-refractivity contribution < 1.29 is 14.3 Å². The van der Waals surface area contributed by atoms with Gasteiger partial charge in [0.2, 0.25) is 0 Å². The third-order valence-electron chi connectivity index (χ3n) is 2.14. The van der Waals surface area contributed by atoms with E-state index in [1.54, 1.807) is 0 Å². The summed E-state index contributed by atoms with van der Waals surface area (Å²) in [6.07, 6.45) is 2.69. The van der Waals surface area contributed by atoms with Crippen LogP contribution in [0.2, 0.25) is 0 Å². The molecule has 1 aliphatic rings. The van der Waals surface area contributed by atoms with E-state index in [4.69, 9.17) is 4.74 Å². The fourth-order valence-corrected chi connectivity index (χ4v) is 1.37. The van der Waals surface area contributed by atoms with Gasteiger partial charge in [-0.1, -0.05) is 0 Å². The maximum atomic E-state index is 11.2. The normalized spacial score (nSPS) is 20.5. The first-order valence-electron chi connectivity index (χ1n) is 3.97. The van der Waals surface area contributed by atoms with Gasteiger partial charge in [-0.15, -0.1) is 0 Å². The van der Waals surface area contributed by atoms with E-state index in [9.17, 15) is 4.79 Å². The number of ether oxygens (including phenoxy) is 2. The summed E-state index contributed by atoms with van der Waals surface area (Å²) in [6.45, 7) is 2.47. The van der Waals surface area contributed by atoms with Crippen molar-refractivity contribution in [3.05, 3.63) is 0 Å². The minimum Gasteiger partial charge on any atom is -0.467 e. The van der Waals surface area contributed by atoms with Gasteiger partial charge in [0.25, 0.3) is 0 Å². The smallest absolute Gasteiger partial charge is 0.338 e. The number of hydrogen-bond acceptors (Lipinski definition) is 3. The second-order valence-electron chi connectivity index (χ2n) is 2.77. The van der Waals surface area contributed by atoms with Crippen LogP contribution in [0.4, 0.5) is 0 Å². The van der Waals surface area contributed by atoms with Gasteiger partial charge in [0, 0.05) is 6.61 Å². The zero-order valence-corrected chi connectivity index (χ0v) is 7.05. The molecule has 3 heteroatoms. The molecule has 1 saturated carbocycles. The standard InChI is InChI=1S/C8H14O3/c1-3-11-8(5-4-6-8)7(9)10-2/h3-6H2,1-2H3. The average Bonchev–Trinajstić information content (AvgIpc) is 1.95. The lowest BCUT2D eigenvalue weighted by Crippen LogP contribution is -2.48. The van der Waals surface area contributed by atoms with Gasteiger partial charge in [-0.05, 0) is 26.2 Å². The molecule has 1 rings (SSSR count). The van der Waals surface area contributed by atoms with Crippen LogP contribution in [0.15, 0.2) is 0 Å². The number of carbonyl (C=O) groups is 1. The van der Waals surface area contributed by atoms with Crippen LogP contribution in [0.1, 0.15) is 26.2 Å². The van der Waals surface area contributed by atoms with Crippen molar-refractivity contribution in [3.8, 4) is 0 Å². The van der Waals surface area contributed by atoms with Crippen molar-refractivity contribution in [1.29, 1.82) is 0 Å². The molecule has 0 heterocycles. The second-order valence-corrected chi connectivity index (χ2v) is 2.77. The molecule has 0 radical (unpaired) electrons. The van der Waals surface area contributed by atoms with E-state index in [-0.39, 0.29) is 5.97 Å². The highest BCUT2D eigenvalue weighted by atomic mass is 16.6. The summed E-state index contributed by atoms with van der Waals surface area (Å²) < 4.78 is 9.99. The van der Waals surface area contributed by atoms with Crippen LogP contribution < -0.4 is 0 Å². The van der Waals surface area contributed by atoms with Crippen LogP contribution in [0.25, 0.3) is 0 Å². The number of hydrogen-bond donors (Lipinski definition) is 0. The van der Waals surface area contributed by atoms with Gasteiger partial charge in [0.05, 0.1) is 7.11 Å². The molecule has 0 aromatic rings. The molecule has 3 nitrogen and oxygen atoms in total. The summed E-state index contributed by atoms with van der Waals surface area (Å²) in [5.74, 6) is -0.217. The Bertz CT molecular complexity index is 149. The van der Waals surface area contributed by atoms with Crippen molar-refractivity contribution in [1.82, 2.24) is 0 Å². The summed E-state index contributed by atoms with van der Waals surface area (Å²) in [5.41, 5.74) is -0.580. The van der Waals surface area contributed by atoms with Gasteiger partial charge in [0.1, 0.15) is 0 Å². The molecule has 0 aromatic carbocycles. The highest BCUT2D eigenvalue weighted by Crippen LogP contribution is 2.36. The van der Waals surface area contributed by atoms with E-state index >= 15 is 0 Å². The molecule has 0 aromatic heterocycles. The van der Waals surface area contributed by atoms with Crippen LogP contribution in [0.3, 0.4) is 0 Å². The van der Waals surface area contributed by atoms with E-state index in [1.807, 2.05) is 6.92 Å². The Labute approximate surface area is 66.7 Å². The van der Waals surface area contributed by atoms with Crippen molar-refractivity contribution in [2.45, 2.75) is 31.8 Å². The molecule has 0 bridgehead atoms. The molecular formula is C8H14O3. The van der Waals surface area contributed by atoms with Gasteiger partial charge >= 0.3 is 5.97 Å². The fourth-order valence-electron chi connectivity index (χ4n) is 1.37. The lowest BCUT2D eigenvalue weighted by Gasteiger charge is -2.38. The molecule has 0 aliphatic heterocycles. The zero-order chi connectivity index (χ0) is 8.32. The van der Waals surface area contributed by atoms with Gasteiger partial charge in [0.15, 0.2) is 5.60 Å². The van der Waals surface area contributed by atoms with E-state index in [0.717, 1.165) is 19.3 Å². The summed E-state index contributed by atoms with van der Waals surface area (Å²) in [4.78, 5) is 11.2. The maximum absolute atomic E-state index is 11.2. The number of methoxy groups -OCH3 is 1. The van der Waals surface area contributed by atoms with Crippen molar-refractivity contribution in [2.75, 3.05) is 13.7 Å². The Balaban J connectivity index is 2.52. The van der Waals surface area contributed by atoms with E-state index in [0.29, 0.717) is 6.61 Å². The molecule has 0 amide bonds. The first kappa shape index (κ1) is 8.53. The number of esters is 1. The molecule has 0 atom stereocenters. The molecule has 11 heavy (non-hydrogen) atoms. The van der Waals surface area contributed by atoms with Crippen LogP contribution in [-0.2, 0) is 14.3 Å². The topological polar surface area (TPSA) is 35.5 Å². The Kier molecular flexibility index (Phi) is 2.49. The quantitative estimate of drug-likeness (QED) is 0.577. The van der Waals surface area contributed by atoms with Gasteiger partial charge in [-0.25, -0.2) is 4.79 Å². The van der Waals surface area contributed by atoms with Crippen molar-refractivity contribution in [2.24, 2.45) is 0 Å². The van der Waals surface area contributed by atoms with E-state index < -0.39 is 5.60 Å². The van der Waals surface area contributed by atoms with Gasteiger partial charge in [-0.3, -0.25) is 0 Å². The summed E-state index contributed by atoms with van der Waals surface area (Å²) >= 11 is 0. The highest BCUT2D eigenvalue weighted by Gasteiger charge is 2.46. The third-order valence-corrected chi connectivity index (χ3v) is 2.14. The molecule has 64 valence electrons. The minimum absolute atomic E-state index is 0.217. The van der Waals surface area contributed by atoms with Crippen molar-refractivity contribution in [3.63, 3.8) is 0 Å². The lowest BCUT2D eigenvalue weighted by molar-refractivity contribution is -0.181. The first-order chi connectivity index (χ1) is 5.25. The van der Waals surface area contributed by atoms with E-state index in [2.05, 4.69) is 4.74 Å². The molecule has 1 aliphatic carbocycles. The van der Waals surface area contributed by atoms with Gasteiger partial charge < -0.3 is 9.47 Å². The van der Waals surface area contributed by atoms with Crippen LogP contribution in [-0.4, -0.2) is 25.3 Å². The molecule has 0 saturated heterocycles. The Hall–Kier alpha value is -0.570. The Morgan fingerprint density at radius 3 is 2.45 bits per heavy atom. The molecule has 0 N–H and O–H groups in total. The summed E-state index contributed by atoms with van der Waals surface area (Å²) in [7, 11) is 1.40. The SMILES string of the molecule is CCOC1(C(=O)OC)CCC1. The lowest BCUT2D eigenvalue weighted by atomic mass is 9.80. The largest absolute Gasteiger partial charge is 0.467 e. The molecule has 0 spiro atoms. The maximum Gasteiger partial charge on any atom is 0.338 e. The monoisotopic (exact) mass is 158 g/mol. The predicted molar refractivity (Wildman–Crippen MR) is 40.2 cm³/mol. The second kappa shape index (κ2) is 3.22. The predicted octanol–water partition coefficient (Wildman–Crippen LogP) is 1.12. The highest BCUT2D eigenvalue weighted by molar-refractivity contribution is 5.80. The summed E-state index contributed by atoms with van der Waals surface area (Å²) in [5, 5.41) is 0. The van der Waals surface area contributed by atoms with Gasteiger partial charge in [-0.2, -0.15) is 0 Å². The van der Waals surface area contributed by atoms with E-state index in [1.165, 1.54) is 7.11 Å². The minimum atomic E-state index is -0.580. The van der Waals surface area contributed by atoms with Crippen LogP contribution >= 0.6 is 0 Å². The Morgan fingerprint density at radius 1 is 1.55 bits per heavy atom. The number of rotatable bonds is 3. The number of carbonyl (C=O) groups excluding carboxylic acids is 1. The average molecular weight is 158 g/mol. The zero-order valence-electron chi connectivity index (χ0n) is 7.05. The molecular weight excluding hydrogens is 144 g/mol. The van der Waals surface area contributed by atoms with Crippen LogP contribution in [0.5, 0.6) is 0 Å². The fraction of sp³-hybridized carbons (Fsp3) is 0.875. The third kappa shape index (κ3) is 1.38. The van der Waals surface area contributed by atoms with Crippen LogP contribution in [0, 0.1) is 0 Å². The molecule has 0 unspecified atom stereocenters. The van der Waals surface area contributed by atoms with Crippen molar-refractivity contribution >= 4 is 5.97 Å². The molecule has 1 fully saturated rings. The Morgan fingerprint density at radius 2 is 2.18 bits per heavy atom.